The van der Waals surface area contributed by atoms with Crippen molar-refractivity contribution in [2.75, 3.05) is 18.9 Å². The summed E-state index contributed by atoms with van der Waals surface area (Å²) in [6.45, 7) is 0.801. The van der Waals surface area contributed by atoms with Gasteiger partial charge in [0.25, 0.3) is 0 Å². The lowest BCUT2D eigenvalue weighted by molar-refractivity contribution is -0.122. The molecule has 1 heterocycles. The first kappa shape index (κ1) is 12.1. The Morgan fingerprint density at radius 2 is 2.22 bits per heavy atom. The summed E-state index contributed by atoms with van der Waals surface area (Å²) in [6.07, 6.45) is 2.06. The van der Waals surface area contributed by atoms with E-state index >= 15 is 0 Å². The van der Waals surface area contributed by atoms with Crippen LogP contribution in [-0.2, 0) is 4.79 Å². The second-order valence-electron chi connectivity index (χ2n) is 5.28. The third kappa shape index (κ3) is 2.15. The summed E-state index contributed by atoms with van der Waals surface area (Å²) < 4.78 is 0. The maximum Gasteiger partial charge on any atom is 0.228 e. The monoisotopic (exact) mass is 263 g/mol. The van der Waals surface area contributed by atoms with E-state index in [1.54, 1.807) is 11.8 Å². The number of rotatable bonds is 4. The van der Waals surface area contributed by atoms with Crippen LogP contribution in [0.5, 0.6) is 0 Å². The second kappa shape index (κ2) is 4.59. The molecule has 1 saturated carbocycles. The van der Waals surface area contributed by atoms with Crippen molar-refractivity contribution in [3.05, 3.63) is 29.8 Å². The van der Waals surface area contributed by atoms with E-state index in [-0.39, 0.29) is 23.8 Å². The van der Waals surface area contributed by atoms with Gasteiger partial charge in [-0.25, -0.2) is 0 Å². The highest BCUT2D eigenvalue weighted by Crippen LogP contribution is 2.44. The molecule has 1 aromatic rings. The highest BCUT2D eigenvalue weighted by Gasteiger charge is 2.42. The zero-order valence-electron chi connectivity index (χ0n) is 10.2. The summed E-state index contributed by atoms with van der Waals surface area (Å²) in [5.74, 6) is 0.907. The van der Waals surface area contributed by atoms with Crippen LogP contribution in [0.15, 0.2) is 29.2 Å². The van der Waals surface area contributed by atoms with Gasteiger partial charge in [-0.15, -0.1) is 11.8 Å². The maximum absolute atomic E-state index is 12.2. The van der Waals surface area contributed by atoms with Crippen LogP contribution in [0.4, 0.5) is 0 Å². The molecular formula is C14H17NO2S. The Hall–Kier alpha value is -1.00. The fourth-order valence-electron chi connectivity index (χ4n) is 2.35. The third-order valence-electron chi connectivity index (χ3n) is 3.95. The van der Waals surface area contributed by atoms with Crippen molar-refractivity contribution in [2.45, 2.75) is 23.7 Å². The van der Waals surface area contributed by atoms with Gasteiger partial charge in [-0.3, -0.25) is 4.79 Å². The molecule has 2 aliphatic rings. The van der Waals surface area contributed by atoms with E-state index < -0.39 is 0 Å². The summed E-state index contributed by atoms with van der Waals surface area (Å²) in [5, 5.41) is 12.2. The molecule has 1 amide bonds. The number of carbonyl (C=O) groups is 1. The molecule has 0 saturated heterocycles. The van der Waals surface area contributed by atoms with Crippen molar-refractivity contribution in [3.63, 3.8) is 0 Å². The number of aliphatic hydroxyl groups excluding tert-OH is 1. The van der Waals surface area contributed by atoms with Crippen molar-refractivity contribution in [1.29, 1.82) is 0 Å². The summed E-state index contributed by atoms with van der Waals surface area (Å²) in [7, 11) is 0. The van der Waals surface area contributed by atoms with Gasteiger partial charge in [0.15, 0.2) is 0 Å². The molecule has 0 aromatic heterocycles. The molecule has 1 aliphatic heterocycles. The Balaban J connectivity index is 1.64. The zero-order valence-corrected chi connectivity index (χ0v) is 11.0. The van der Waals surface area contributed by atoms with Crippen molar-refractivity contribution >= 4 is 17.7 Å². The summed E-state index contributed by atoms with van der Waals surface area (Å²) in [4.78, 5) is 13.4. The Bertz CT molecular complexity index is 471. The smallest absolute Gasteiger partial charge is 0.228 e. The number of nitrogens with one attached hydrogen (secondary N) is 1. The van der Waals surface area contributed by atoms with Gasteiger partial charge < -0.3 is 10.4 Å². The first-order chi connectivity index (χ1) is 8.74. The predicted molar refractivity (Wildman–Crippen MR) is 71.7 cm³/mol. The number of hydrogen-bond donors (Lipinski definition) is 2. The lowest BCUT2D eigenvalue weighted by Crippen LogP contribution is -2.35. The van der Waals surface area contributed by atoms with Gasteiger partial charge in [0.05, 0.1) is 12.5 Å². The molecule has 1 fully saturated rings. The molecule has 1 unspecified atom stereocenters. The van der Waals surface area contributed by atoms with E-state index in [0.717, 1.165) is 24.2 Å². The number of amides is 1. The molecule has 1 atom stereocenters. The quantitative estimate of drug-likeness (QED) is 0.870. The van der Waals surface area contributed by atoms with Crippen molar-refractivity contribution in [1.82, 2.24) is 5.32 Å². The van der Waals surface area contributed by atoms with Gasteiger partial charge in [-0.1, -0.05) is 18.2 Å². The third-order valence-corrected chi connectivity index (χ3v) is 5.13. The van der Waals surface area contributed by atoms with E-state index in [0.29, 0.717) is 6.54 Å². The van der Waals surface area contributed by atoms with Gasteiger partial charge in [0.1, 0.15) is 0 Å². The second-order valence-corrected chi connectivity index (χ2v) is 6.34. The lowest BCUT2D eigenvalue weighted by atomic mass is 10.00. The van der Waals surface area contributed by atoms with Crippen LogP contribution < -0.4 is 5.32 Å². The van der Waals surface area contributed by atoms with Crippen LogP contribution in [0.1, 0.15) is 24.3 Å². The SMILES string of the molecule is O=C(NCC1(CO)CC1)C1CSc2ccccc21. The average Bonchev–Trinajstić information content (AvgIpc) is 3.07. The standard InChI is InChI=1S/C14H17NO2S/c16-9-14(5-6-14)8-15-13(17)11-7-18-12-4-2-1-3-10(11)12/h1-4,11,16H,5-9H2,(H,15,17). The first-order valence-electron chi connectivity index (χ1n) is 6.34. The molecule has 2 N–H and O–H groups in total. The Labute approximate surface area is 111 Å². The van der Waals surface area contributed by atoms with Crippen LogP contribution in [-0.4, -0.2) is 29.9 Å². The summed E-state index contributed by atoms with van der Waals surface area (Å²) in [6, 6.07) is 8.11. The number of benzene rings is 1. The summed E-state index contributed by atoms with van der Waals surface area (Å²) in [5.41, 5.74) is 1.13. The Kier molecular flexibility index (Phi) is 3.08. The molecule has 1 aliphatic carbocycles. The van der Waals surface area contributed by atoms with Crippen molar-refractivity contribution in [2.24, 2.45) is 5.41 Å². The van der Waals surface area contributed by atoms with Crippen LogP contribution >= 0.6 is 11.8 Å². The number of aliphatic hydroxyl groups is 1. The molecular weight excluding hydrogens is 246 g/mol. The molecule has 3 rings (SSSR count). The molecule has 96 valence electrons. The number of thioether (sulfide) groups is 1. The molecule has 3 nitrogen and oxygen atoms in total. The first-order valence-corrected chi connectivity index (χ1v) is 7.33. The van der Waals surface area contributed by atoms with E-state index in [4.69, 9.17) is 0 Å². The lowest BCUT2D eigenvalue weighted by Gasteiger charge is -2.16. The fourth-order valence-corrected chi connectivity index (χ4v) is 3.57. The number of fused-ring (bicyclic) bond motifs is 1. The average molecular weight is 263 g/mol. The molecule has 4 heteroatoms. The molecule has 0 bridgehead atoms. The highest BCUT2D eigenvalue weighted by atomic mass is 32.2. The van der Waals surface area contributed by atoms with Crippen LogP contribution in [0, 0.1) is 5.41 Å². The van der Waals surface area contributed by atoms with Gasteiger partial charge in [0, 0.05) is 22.6 Å². The van der Waals surface area contributed by atoms with Crippen LogP contribution in [0.25, 0.3) is 0 Å². The minimum Gasteiger partial charge on any atom is -0.396 e. The molecule has 18 heavy (non-hydrogen) atoms. The molecule has 1 aromatic carbocycles. The number of hydrogen-bond acceptors (Lipinski definition) is 3. The maximum atomic E-state index is 12.2. The Morgan fingerprint density at radius 1 is 1.44 bits per heavy atom. The van der Waals surface area contributed by atoms with Crippen LogP contribution in [0.3, 0.4) is 0 Å². The Morgan fingerprint density at radius 3 is 2.94 bits per heavy atom. The highest BCUT2D eigenvalue weighted by molar-refractivity contribution is 7.99. The normalized spacial score (nSPS) is 23.5. The van der Waals surface area contributed by atoms with Crippen molar-refractivity contribution < 1.29 is 9.90 Å². The predicted octanol–water partition coefficient (Wildman–Crippen LogP) is 1.76. The minimum atomic E-state index is -0.0271. The van der Waals surface area contributed by atoms with Gasteiger partial charge >= 0.3 is 0 Å². The largest absolute Gasteiger partial charge is 0.396 e. The molecule has 0 spiro atoms. The van der Waals surface area contributed by atoms with E-state index in [9.17, 15) is 9.90 Å². The number of carbonyl (C=O) groups excluding carboxylic acids is 1. The van der Waals surface area contributed by atoms with Crippen LogP contribution in [0.2, 0.25) is 0 Å². The van der Waals surface area contributed by atoms with Gasteiger partial charge in [0.2, 0.25) is 5.91 Å². The minimum absolute atomic E-state index is 0.0130. The van der Waals surface area contributed by atoms with Gasteiger partial charge in [-0.05, 0) is 24.5 Å². The van der Waals surface area contributed by atoms with E-state index in [1.165, 1.54) is 4.90 Å². The zero-order chi connectivity index (χ0) is 12.6. The fraction of sp³-hybridized carbons (Fsp3) is 0.500. The topological polar surface area (TPSA) is 49.3 Å². The van der Waals surface area contributed by atoms with Gasteiger partial charge in [-0.2, -0.15) is 0 Å². The van der Waals surface area contributed by atoms with E-state index in [1.807, 2.05) is 18.2 Å². The summed E-state index contributed by atoms with van der Waals surface area (Å²) >= 11 is 1.75. The molecule has 0 radical (unpaired) electrons. The van der Waals surface area contributed by atoms with Crippen molar-refractivity contribution in [3.8, 4) is 0 Å². The van der Waals surface area contributed by atoms with E-state index in [2.05, 4.69) is 11.4 Å².